The zero-order chi connectivity index (χ0) is 23.3. The molecule has 1 aliphatic heterocycles. The van der Waals surface area contributed by atoms with Crippen molar-refractivity contribution in [3.8, 4) is 6.07 Å². The van der Waals surface area contributed by atoms with Crippen molar-refractivity contribution in [2.24, 2.45) is 0 Å². The summed E-state index contributed by atoms with van der Waals surface area (Å²) < 4.78 is 39.9. The largest absolute Gasteiger partial charge is 0.335 e. The molecule has 8 nitrogen and oxygen atoms in total. The molecule has 32 heavy (non-hydrogen) atoms. The molecule has 0 aromatic heterocycles. The van der Waals surface area contributed by atoms with Crippen LogP contribution in [0.25, 0.3) is 0 Å². The molecule has 0 radical (unpaired) electrons. The fourth-order valence-corrected chi connectivity index (χ4v) is 4.51. The lowest BCUT2D eigenvalue weighted by Gasteiger charge is -2.35. The van der Waals surface area contributed by atoms with Gasteiger partial charge in [0.2, 0.25) is 10.0 Å². The third-order valence-electron chi connectivity index (χ3n) is 4.96. The van der Waals surface area contributed by atoms with Crippen LogP contribution in [0.5, 0.6) is 0 Å². The second kappa shape index (κ2) is 10.1. The van der Waals surface area contributed by atoms with Gasteiger partial charge < -0.3 is 9.80 Å². The van der Waals surface area contributed by atoms with E-state index in [2.05, 4.69) is 4.72 Å². The maximum Gasteiger partial charge on any atom is 0.255 e. The molecule has 1 saturated heterocycles. The number of nitriles is 1. The Kier molecular flexibility index (Phi) is 7.45. The minimum atomic E-state index is -3.75. The first-order chi connectivity index (χ1) is 15.2. The van der Waals surface area contributed by atoms with Crippen molar-refractivity contribution in [2.75, 3.05) is 32.7 Å². The van der Waals surface area contributed by atoms with Gasteiger partial charge in [0, 0.05) is 44.7 Å². The average Bonchev–Trinajstić information content (AvgIpc) is 2.78. The Morgan fingerprint density at radius 2 is 1.62 bits per heavy atom. The molecule has 1 N–H and O–H groups in total. The molecule has 1 heterocycles. The number of amides is 2. The molecule has 0 bridgehead atoms. The summed E-state index contributed by atoms with van der Waals surface area (Å²) in [6.45, 7) is 1.16. The lowest BCUT2D eigenvalue weighted by molar-refractivity contribution is 0.0535. The van der Waals surface area contributed by atoms with Gasteiger partial charge in [-0.25, -0.2) is 17.5 Å². The predicted octanol–water partition coefficient (Wildman–Crippen LogP) is 2.27. The molecule has 0 spiro atoms. The van der Waals surface area contributed by atoms with Gasteiger partial charge in [0.15, 0.2) is 0 Å². The summed E-state index contributed by atoms with van der Waals surface area (Å²) >= 11 is 5.97. The molecule has 11 heteroatoms. The number of hydrogen-bond acceptors (Lipinski definition) is 5. The fraction of sp³-hybridized carbons (Fsp3) is 0.286. The standard InChI is InChI=1S/C21H20ClFN4O4S/c22-19-14-16(23)4-7-18(19)21(29)27-12-10-26(11-13-27)20(28)15-2-5-17(6-3-15)32(30,31)25-9-1-8-24/h2-7,14,25H,1,9-13H2. The van der Waals surface area contributed by atoms with Gasteiger partial charge in [0.1, 0.15) is 5.82 Å². The van der Waals surface area contributed by atoms with Crippen molar-refractivity contribution in [1.82, 2.24) is 14.5 Å². The van der Waals surface area contributed by atoms with E-state index in [4.69, 9.17) is 16.9 Å². The first-order valence-corrected chi connectivity index (χ1v) is 11.6. The molecule has 3 rings (SSSR count). The monoisotopic (exact) mass is 478 g/mol. The van der Waals surface area contributed by atoms with Crippen molar-refractivity contribution >= 4 is 33.4 Å². The second-order valence-corrected chi connectivity index (χ2v) is 9.21. The van der Waals surface area contributed by atoms with Crippen LogP contribution in [-0.4, -0.2) is 62.8 Å². The zero-order valence-corrected chi connectivity index (χ0v) is 18.5. The SMILES string of the molecule is N#CCCNS(=O)(=O)c1ccc(C(=O)N2CCN(C(=O)c3ccc(F)cc3Cl)CC2)cc1. The molecule has 168 valence electrons. The van der Waals surface area contributed by atoms with E-state index in [-0.39, 0.29) is 53.4 Å². The van der Waals surface area contributed by atoms with Gasteiger partial charge in [-0.1, -0.05) is 11.6 Å². The van der Waals surface area contributed by atoms with Crippen molar-refractivity contribution < 1.29 is 22.4 Å². The van der Waals surface area contributed by atoms with Gasteiger partial charge in [0.05, 0.1) is 21.6 Å². The van der Waals surface area contributed by atoms with Crippen LogP contribution in [0, 0.1) is 17.1 Å². The summed E-state index contributed by atoms with van der Waals surface area (Å²) in [4.78, 5) is 28.5. The highest BCUT2D eigenvalue weighted by molar-refractivity contribution is 7.89. The van der Waals surface area contributed by atoms with Crippen LogP contribution < -0.4 is 4.72 Å². The number of nitrogens with zero attached hydrogens (tertiary/aromatic N) is 3. The van der Waals surface area contributed by atoms with E-state index in [1.165, 1.54) is 36.4 Å². The zero-order valence-electron chi connectivity index (χ0n) is 16.9. The summed E-state index contributed by atoms with van der Waals surface area (Å²) in [6.07, 6.45) is 0.0532. The maximum atomic E-state index is 13.2. The van der Waals surface area contributed by atoms with Gasteiger partial charge in [-0.05, 0) is 42.5 Å². The van der Waals surface area contributed by atoms with E-state index < -0.39 is 15.8 Å². The third-order valence-corrected chi connectivity index (χ3v) is 6.75. The van der Waals surface area contributed by atoms with Gasteiger partial charge >= 0.3 is 0 Å². The Morgan fingerprint density at radius 1 is 1.03 bits per heavy atom. The van der Waals surface area contributed by atoms with Crippen LogP contribution >= 0.6 is 11.6 Å². The smallest absolute Gasteiger partial charge is 0.255 e. The minimum absolute atomic E-state index is 0.00131. The first kappa shape index (κ1) is 23.7. The molecular formula is C21H20ClFN4O4S. The molecule has 0 unspecified atom stereocenters. The highest BCUT2D eigenvalue weighted by atomic mass is 35.5. The summed E-state index contributed by atoms with van der Waals surface area (Å²) in [7, 11) is -3.75. The summed E-state index contributed by atoms with van der Waals surface area (Å²) in [5.41, 5.74) is 0.523. The van der Waals surface area contributed by atoms with Gasteiger partial charge in [-0.15, -0.1) is 0 Å². The number of halogens is 2. The van der Waals surface area contributed by atoms with Gasteiger partial charge in [0.25, 0.3) is 11.8 Å². The molecule has 1 fully saturated rings. The van der Waals surface area contributed by atoms with Crippen LogP contribution in [0.1, 0.15) is 27.1 Å². The number of piperazine rings is 1. The quantitative estimate of drug-likeness (QED) is 0.640. The molecule has 2 amide bonds. The average molecular weight is 479 g/mol. The minimum Gasteiger partial charge on any atom is -0.335 e. The summed E-state index contributed by atoms with van der Waals surface area (Å²) in [5, 5.41) is 8.55. The molecule has 2 aromatic carbocycles. The second-order valence-electron chi connectivity index (χ2n) is 7.04. The molecule has 0 saturated carbocycles. The number of benzene rings is 2. The third kappa shape index (κ3) is 5.43. The van der Waals surface area contributed by atoms with Crippen LogP contribution in [0.15, 0.2) is 47.4 Å². The summed E-state index contributed by atoms with van der Waals surface area (Å²) in [5.74, 6) is -1.14. The van der Waals surface area contributed by atoms with E-state index in [0.29, 0.717) is 18.7 Å². The Bertz CT molecular complexity index is 1160. The maximum absolute atomic E-state index is 13.2. The number of nitrogens with one attached hydrogen (secondary N) is 1. The molecule has 0 aliphatic carbocycles. The predicted molar refractivity (Wildman–Crippen MR) is 115 cm³/mol. The van der Waals surface area contributed by atoms with Crippen molar-refractivity contribution in [1.29, 1.82) is 5.26 Å². The van der Waals surface area contributed by atoms with Crippen LogP contribution in [-0.2, 0) is 10.0 Å². The Labute approximate surface area is 190 Å². The fourth-order valence-electron chi connectivity index (χ4n) is 3.23. The van der Waals surface area contributed by atoms with E-state index in [1.54, 1.807) is 9.80 Å². The summed E-state index contributed by atoms with van der Waals surface area (Å²) in [6, 6.07) is 11.0. The van der Waals surface area contributed by atoms with E-state index in [9.17, 15) is 22.4 Å². The number of sulfonamides is 1. The van der Waals surface area contributed by atoms with E-state index >= 15 is 0 Å². The Hall–Kier alpha value is -3.00. The molecule has 2 aromatic rings. The van der Waals surface area contributed by atoms with Crippen LogP contribution in [0.4, 0.5) is 4.39 Å². The number of carbonyl (C=O) groups excluding carboxylic acids is 2. The van der Waals surface area contributed by atoms with Crippen LogP contribution in [0.3, 0.4) is 0 Å². The molecule has 0 atom stereocenters. The van der Waals surface area contributed by atoms with E-state index in [0.717, 1.165) is 6.07 Å². The van der Waals surface area contributed by atoms with Gasteiger partial charge in [-0.3, -0.25) is 9.59 Å². The Morgan fingerprint density at radius 3 is 2.19 bits per heavy atom. The Balaban J connectivity index is 1.60. The molecular weight excluding hydrogens is 459 g/mol. The van der Waals surface area contributed by atoms with E-state index in [1.807, 2.05) is 6.07 Å². The lowest BCUT2D eigenvalue weighted by Crippen LogP contribution is -2.50. The lowest BCUT2D eigenvalue weighted by atomic mass is 10.1. The number of hydrogen-bond donors (Lipinski definition) is 1. The van der Waals surface area contributed by atoms with Crippen LogP contribution in [0.2, 0.25) is 5.02 Å². The molecule has 1 aliphatic rings. The van der Waals surface area contributed by atoms with Crippen molar-refractivity contribution in [3.05, 3.63) is 64.4 Å². The number of carbonyl (C=O) groups is 2. The highest BCUT2D eigenvalue weighted by Gasteiger charge is 2.27. The topological polar surface area (TPSA) is 111 Å². The normalized spacial score (nSPS) is 14.2. The highest BCUT2D eigenvalue weighted by Crippen LogP contribution is 2.20. The number of rotatable bonds is 6. The first-order valence-electron chi connectivity index (χ1n) is 9.73. The van der Waals surface area contributed by atoms with Crippen molar-refractivity contribution in [2.45, 2.75) is 11.3 Å². The van der Waals surface area contributed by atoms with Crippen molar-refractivity contribution in [3.63, 3.8) is 0 Å². The van der Waals surface area contributed by atoms with Gasteiger partial charge in [-0.2, -0.15) is 5.26 Å².